The van der Waals surface area contributed by atoms with Crippen LogP contribution in [0.4, 0.5) is 0 Å². The van der Waals surface area contributed by atoms with Gasteiger partial charge in [0.15, 0.2) is 0 Å². The van der Waals surface area contributed by atoms with Crippen molar-refractivity contribution >= 4 is 0 Å². The summed E-state index contributed by atoms with van der Waals surface area (Å²) in [5.41, 5.74) is 0. The van der Waals surface area contributed by atoms with Crippen molar-refractivity contribution in [2.45, 2.75) is 31.8 Å². The summed E-state index contributed by atoms with van der Waals surface area (Å²) < 4.78 is 0. The van der Waals surface area contributed by atoms with Crippen LogP contribution in [0.25, 0.3) is 0 Å². The summed E-state index contributed by atoms with van der Waals surface area (Å²) in [4.78, 5) is 2.28. The fourth-order valence-electron chi connectivity index (χ4n) is 2.65. The Morgan fingerprint density at radius 3 is 2.25 bits per heavy atom. The minimum Gasteiger partial charge on any atom is -0.392 e. The Labute approximate surface area is 74.6 Å². The zero-order valence-corrected chi connectivity index (χ0v) is 7.87. The molecule has 1 heterocycles. The molecule has 1 aliphatic carbocycles. The molecule has 0 amide bonds. The number of aliphatic hydroxyl groups excluding tert-OH is 1. The van der Waals surface area contributed by atoms with Gasteiger partial charge in [-0.05, 0) is 25.8 Å². The van der Waals surface area contributed by atoms with Gasteiger partial charge in [0.25, 0.3) is 0 Å². The van der Waals surface area contributed by atoms with E-state index in [1.54, 1.807) is 0 Å². The van der Waals surface area contributed by atoms with Gasteiger partial charge >= 0.3 is 0 Å². The second-order valence-corrected chi connectivity index (χ2v) is 4.52. The van der Waals surface area contributed by atoms with Gasteiger partial charge < -0.3 is 10.0 Å². The van der Waals surface area contributed by atoms with Crippen LogP contribution in [0.3, 0.4) is 0 Å². The number of likely N-dealkylation sites (tertiary alicyclic amines) is 1. The molecule has 1 saturated heterocycles. The van der Waals surface area contributed by atoms with Gasteiger partial charge in [-0.15, -0.1) is 0 Å². The average molecular weight is 169 g/mol. The maximum absolute atomic E-state index is 9.96. The SMILES string of the molecule is CN1CC(C(O)C2CCCC2)C1. The maximum atomic E-state index is 9.96. The van der Waals surface area contributed by atoms with Crippen LogP contribution in [0.1, 0.15) is 25.7 Å². The normalized spacial score (nSPS) is 30.5. The Bertz CT molecular complexity index is 148. The molecule has 0 bridgehead atoms. The molecule has 1 atom stereocenters. The summed E-state index contributed by atoms with van der Waals surface area (Å²) in [5.74, 6) is 1.21. The Kier molecular flexibility index (Phi) is 2.37. The van der Waals surface area contributed by atoms with Crippen molar-refractivity contribution in [1.29, 1.82) is 0 Å². The summed E-state index contributed by atoms with van der Waals surface area (Å²) in [6, 6.07) is 0. The molecule has 1 unspecified atom stereocenters. The Morgan fingerprint density at radius 1 is 1.17 bits per heavy atom. The predicted molar refractivity (Wildman–Crippen MR) is 49.0 cm³/mol. The Morgan fingerprint density at radius 2 is 1.75 bits per heavy atom. The van der Waals surface area contributed by atoms with Crippen LogP contribution in [0.15, 0.2) is 0 Å². The maximum Gasteiger partial charge on any atom is 0.0621 e. The van der Waals surface area contributed by atoms with E-state index in [9.17, 15) is 5.11 Å². The molecule has 1 aliphatic heterocycles. The topological polar surface area (TPSA) is 23.5 Å². The lowest BCUT2D eigenvalue weighted by Gasteiger charge is -2.41. The molecule has 0 aromatic carbocycles. The minimum absolute atomic E-state index is 0.00343. The number of aliphatic hydroxyl groups is 1. The zero-order chi connectivity index (χ0) is 8.55. The lowest BCUT2D eigenvalue weighted by Crippen LogP contribution is -2.51. The van der Waals surface area contributed by atoms with Gasteiger partial charge in [-0.3, -0.25) is 0 Å². The third-order valence-electron chi connectivity index (χ3n) is 3.46. The molecule has 70 valence electrons. The van der Waals surface area contributed by atoms with Crippen LogP contribution in [0.5, 0.6) is 0 Å². The fourth-order valence-corrected chi connectivity index (χ4v) is 2.65. The van der Waals surface area contributed by atoms with E-state index in [-0.39, 0.29) is 6.10 Å². The summed E-state index contributed by atoms with van der Waals surface area (Å²) >= 11 is 0. The molecule has 2 rings (SSSR count). The van der Waals surface area contributed by atoms with Crippen molar-refractivity contribution in [2.75, 3.05) is 20.1 Å². The zero-order valence-electron chi connectivity index (χ0n) is 7.87. The molecule has 2 fully saturated rings. The molecular formula is C10H19NO. The highest BCUT2D eigenvalue weighted by Gasteiger charge is 2.35. The van der Waals surface area contributed by atoms with E-state index in [1.165, 1.54) is 25.7 Å². The van der Waals surface area contributed by atoms with E-state index in [0.717, 1.165) is 13.1 Å². The first-order valence-corrected chi connectivity index (χ1v) is 5.14. The lowest BCUT2D eigenvalue weighted by molar-refractivity contribution is -0.0218. The first kappa shape index (κ1) is 8.52. The van der Waals surface area contributed by atoms with E-state index in [0.29, 0.717) is 11.8 Å². The smallest absolute Gasteiger partial charge is 0.0621 e. The number of hydrogen-bond acceptors (Lipinski definition) is 2. The van der Waals surface area contributed by atoms with Crippen LogP contribution in [0.2, 0.25) is 0 Å². The molecule has 2 nitrogen and oxygen atoms in total. The van der Waals surface area contributed by atoms with Crippen molar-refractivity contribution in [3.8, 4) is 0 Å². The quantitative estimate of drug-likeness (QED) is 0.669. The molecular weight excluding hydrogens is 150 g/mol. The number of rotatable bonds is 2. The molecule has 12 heavy (non-hydrogen) atoms. The van der Waals surface area contributed by atoms with Crippen molar-refractivity contribution < 1.29 is 5.11 Å². The molecule has 2 aliphatic rings. The summed E-state index contributed by atoms with van der Waals surface area (Å²) in [7, 11) is 2.12. The Balaban J connectivity index is 1.79. The highest BCUT2D eigenvalue weighted by atomic mass is 16.3. The molecule has 0 aromatic heterocycles. The van der Waals surface area contributed by atoms with Gasteiger partial charge in [-0.2, -0.15) is 0 Å². The standard InChI is InChI=1S/C10H19NO/c1-11-6-9(7-11)10(12)8-4-2-3-5-8/h8-10,12H,2-7H2,1H3. The van der Waals surface area contributed by atoms with E-state index >= 15 is 0 Å². The van der Waals surface area contributed by atoms with E-state index in [1.807, 2.05) is 0 Å². The lowest BCUT2D eigenvalue weighted by atomic mass is 9.85. The van der Waals surface area contributed by atoms with Crippen molar-refractivity contribution in [1.82, 2.24) is 4.90 Å². The first-order chi connectivity index (χ1) is 5.77. The monoisotopic (exact) mass is 169 g/mol. The number of hydrogen-bond donors (Lipinski definition) is 1. The average Bonchev–Trinajstić information content (AvgIpc) is 2.49. The molecule has 1 N–H and O–H groups in total. The fraction of sp³-hybridized carbons (Fsp3) is 1.00. The van der Waals surface area contributed by atoms with Crippen LogP contribution in [-0.2, 0) is 0 Å². The van der Waals surface area contributed by atoms with Gasteiger partial charge in [0.1, 0.15) is 0 Å². The van der Waals surface area contributed by atoms with Crippen LogP contribution >= 0.6 is 0 Å². The molecule has 2 heteroatoms. The predicted octanol–water partition coefficient (Wildman–Crippen LogP) is 1.10. The first-order valence-electron chi connectivity index (χ1n) is 5.14. The van der Waals surface area contributed by atoms with Gasteiger partial charge in [0, 0.05) is 19.0 Å². The largest absolute Gasteiger partial charge is 0.392 e. The van der Waals surface area contributed by atoms with E-state index < -0.39 is 0 Å². The van der Waals surface area contributed by atoms with Crippen LogP contribution < -0.4 is 0 Å². The van der Waals surface area contributed by atoms with Gasteiger partial charge in [-0.1, -0.05) is 12.8 Å². The van der Waals surface area contributed by atoms with Crippen molar-refractivity contribution in [2.24, 2.45) is 11.8 Å². The van der Waals surface area contributed by atoms with Gasteiger partial charge in [0.2, 0.25) is 0 Å². The number of nitrogens with zero attached hydrogens (tertiary/aromatic N) is 1. The summed E-state index contributed by atoms with van der Waals surface area (Å²) in [6.07, 6.45) is 5.21. The summed E-state index contributed by atoms with van der Waals surface area (Å²) in [5, 5.41) is 9.96. The Hall–Kier alpha value is -0.0800. The van der Waals surface area contributed by atoms with Gasteiger partial charge in [0.05, 0.1) is 6.10 Å². The summed E-state index contributed by atoms with van der Waals surface area (Å²) in [6.45, 7) is 2.22. The highest BCUT2D eigenvalue weighted by molar-refractivity contribution is 4.88. The van der Waals surface area contributed by atoms with Crippen LogP contribution in [0, 0.1) is 11.8 Å². The van der Waals surface area contributed by atoms with Gasteiger partial charge in [-0.25, -0.2) is 0 Å². The molecule has 0 aromatic rings. The third-order valence-corrected chi connectivity index (χ3v) is 3.46. The molecule has 0 radical (unpaired) electrons. The minimum atomic E-state index is 0.00343. The molecule has 1 saturated carbocycles. The van der Waals surface area contributed by atoms with Crippen molar-refractivity contribution in [3.05, 3.63) is 0 Å². The van der Waals surface area contributed by atoms with E-state index in [2.05, 4.69) is 11.9 Å². The van der Waals surface area contributed by atoms with Crippen LogP contribution in [-0.4, -0.2) is 36.2 Å². The van der Waals surface area contributed by atoms with Crippen molar-refractivity contribution in [3.63, 3.8) is 0 Å². The van der Waals surface area contributed by atoms with E-state index in [4.69, 9.17) is 0 Å². The second kappa shape index (κ2) is 3.35. The highest BCUT2D eigenvalue weighted by Crippen LogP contribution is 2.33. The molecule has 0 spiro atoms. The second-order valence-electron chi connectivity index (χ2n) is 4.52. The third kappa shape index (κ3) is 1.50.